The maximum Gasteiger partial charge on any atom is 0.216 e. The molecule has 3 aromatic rings. The third-order valence-corrected chi connectivity index (χ3v) is 3.99. The molecule has 24 heavy (non-hydrogen) atoms. The first-order chi connectivity index (χ1) is 11.6. The molecule has 8 heteroatoms. The molecule has 6 nitrogen and oxygen atoms in total. The summed E-state index contributed by atoms with van der Waals surface area (Å²) in [5.41, 5.74) is 1.39. The van der Waals surface area contributed by atoms with Crippen LogP contribution in [0.3, 0.4) is 0 Å². The van der Waals surface area contributed by atoms with Crippen LogP contribution in [0.25, 0.3) is 11.4 Å². The average molecular weight is 361 g/mol. The lowest BCUT2D eigenvalue weighted by molar-refractivity contribution is 0.373. The third kappa shape index (κ3) is 3.04. The minimum absolute atomic E-state index is 0.137. The molecule has 0 aliphatic carbocycles. The van der Waals surface area contributed by atoms with E-state index in [1.807, 2.05) is 30.3 Å². The summed E-state index contributed by atoms with van der Waals surface area (Å²) in [7, 11) is 1.45. The van der Waals surface area contributed by atoms with E-state index in [0.717, 1.165) is 5.56 Å². The molecule has 0 atom stereocenters. The molecule has 1 aromatic heterocycles. The molecular weight excluding hydrogens is 348 g/mol. The van der Waals surface area contributed by atoms with Crippen molar-refractivity contribution < 1.29 is 9.84 Å². The molecule has 0 spiro atoms. The van der Waals surface area contributed by atoms with E-state index in [1.165, 1.54) is 18.0 Å². The van der Waals surface area contributed by atoms with Gasteiger partial charge in [-0.3, -0.25) is 0 Å². The second-order valence-electron chi connectivity index (χ2n) is 4.79. The highest BCUT2D eigenvalue weighted by Crippen LogP contribution is 2.35. The highest BCUT2D eigenvalue weighted by Gasteiger charge is 2.11. The number of benzene rings is 2. The van der Waals surface area contributed by atoms with Crippen molar-refractivity contribution in [2.45, 2.75) is 0 Å². The van der Waals surface area contributed by atoms with Crippen LogP contribution in [-0.2, 0) is 0 Å². The Morgan fingerprint density at radius 1 is 1.29 bits per heavy atom. The fourth-order valence-corrected chi connectivity index (χ4v) is 2.50. The maximum absolute atomic E-state index is 9.96. The Morgan fingerprint density at radius 3 is 2.75 bits per heavy atom. The van der Waals surface area contributed by atoms with E-state index in [4.69, 9.17) is 28.6 Å². The lowest BCUT2D eigenvalue weighted by atomic mass is 10.2. The van der Waals surface area contributed by atoms with Gasteiger partial charge in [-0.2, -0.15) is 14.9 Å². The number of aromatic amines is 1. The van der Waals surface area contributed by atoms with E-state index < -0.39 is 0 Å². The first-order valence-electron chi connectivity index (χ1n) is 6.94. The van der Waals surface area contributed by atoms with Gasteiger partial charge in [0.2, 0.25) is 4.77 Å². The topological polar surface area (TPSA) is 75.4 Å². The van der Waals surface area contributed by atoms with Crippen molar-refractivity contribution in [3.63, 3.8) is 0 Å². The molecular formula is C16H13ClN4O2S. The van der Waals surface area contributed by atoms with Crippen molar-refractivity contribution in [3.8, 4) is 22.9 Å². The zero-order valence-corrected chi connectivity index (χ0v) is 14.2. The monoisotopic (exact) mass is 360 g/mol. The van der Waals surface area contributed by atoms with E-state index in [0.29, 0.717) is 21.9 Å². The van der Waals surface area contributed by atoms with Crippen molar-refractivity contribution >= 4 is 30.0 Å². The predicted octanol–water partition coefficient (Wildman–Crippen LogP) is 3.86. The van der Waals surface area contributed by atoms with Gasteiger partial charge >= 0.3 is 0 Å². The van der Waals surface area contributed by atoms with Crippen LogP contribution in [0.1, 0.15) is 5.56 Å². The fourth-order valence-electron chi connectivity index (χ4n) is 2.12. The van der Waals surface area contributed by atoms with Crippen molar-refractivity contribution in [1.82, 2.24) is 14.9 Å². The Morgan fingerprint density at radius 2 is 2.04 bits per heavy atom. The average Bonchev–Trinajstić information content (AvgIpc) is 2.98. The van der Waals surface area contributed by atoms with Crippen molar-refractivity contribution in [1.29, 1.82) is 0 Å². The van der Waals surface area contributed by atoms with Crippen LogP contribution in [0, 0.1) is 4.77 Å². The smallest absolute Gasteiger partial charge is 0.216 e. The Bertz CT molecular complexity index is 950. The molecule has 2 aromatic carbocycles. The van der Waals surface area contributed by atoms with Crippen LogP contribution in [0.2, 0.25) is 5.02 Å². The number of hydrogen-bond donors (Lipinski definition) is 2. The van der Waals surface area contributed by atoms with E-state index in [-0.39, 0.29) is 10.8 Å². The summed E-state index contributed by atoms with van der Waals surface area (Å²) in [6.07, 6.45) is 1.50. The van der Waals surface area contributed by atoms with Crippen LogP contribution in [0.4, 0.5) is 0 Å². The standard InChI is InChI=1S/C16H13ClN4O2S/c1-23-12-8-7-11(13(17)14(12)22)9-18-21-15(19-20-16(21)24)10-5-3-2-4-6-10/h2-9,22H,1H3,(H,20,24)/b18-9-. The molecule has 1 heterocycles. The van der Waals surface area contributed by atoms with Crippen LogP contribution in [-0.4, -0.2) is 33.3 Å². The van der Waals surface area contributed by atoms with Gasteiger partial charge in [0.15, 0.2) is 17.3 Å². The van der Waals surface area contributed by atoms with Crippen LogP contribution < -0.4 is 4.74 Å². The van der Waals surface area contributed by atoms with Gasteiger partial charge in [-0.15, -0.1) is 0 Å². The van der Waals surface area contributed by atoms with Gasteiger partial charge in [0.25, 0.3) is 0 Å². The van der Waals surface area contributed by atoms with Crippen LogP contribution >= 0.6 is 23.8 Å². The van der Waals surface area contributed by atoms with Gasteiger partial charge in [-0.25, -0.2) is 5.10 Å². The number of phenolic OH excluding ortho intramolecular Hbond substituents is 1. The molecule has 0 fully saturated rings. The number of nitrogens with one attached hydrogen (secondary N) is 1. The van der Waals surface area contributed by atoms with E-state index in [2.05, 4.69) is 15.3 Å². The number of methoxy groups -OCH3 is 1. The van der Waals surface area contributed by atoms with Crippen LogP contribution in [0.15, 0.2) is 47.6 Å². The number of hydrogen-bond acceptors (Lipinski definition) is 5. The predicted molar refractivity (Wildman–Crippen MR) is 95.5 cm³/mol. The Kier molecular flexibility index (Phi) is 4.64. The zero-order valence-electron chi connectivity index (χ0n) is 12.6. The number of H-pyrrole nitrogens is 1. The molecule has 122 valence electrons. The first-order valence-corrected chi connectivity index (χ1v) is 7.73. The molecule has 2 N–H and O–H groups in total. The highest BCUT2D eigenvalue weighted by atomic mass is 35.5. The first kappa shape index (κ1) is 16.2. The highest BCUT2D eigenvalue weighted by molar-refractivity contribution is 7.71. The molecule has 0 unspecified atom stereocenters. The quantitative estimate of drug-likeness (QED) is 0.547. The van der Waals surface area contributed by atoms with Gasteiger partial charge in [0.05, 0.1) is 18.3 Å². The summed E-state index contributed by atoms with van der Waals surface area (Å²) in [5.74, 6) is 0.731. The van der Waals surface area contributed by atoms with Crippen molar-refractivity contribution in [3.05, 3.63) is 57.8 Å². The summed E-state index contributed by atoms with van der Waals surface area (Å²) in [6.45, 7) is 0. The fraction of sp³-hybridized carbons (Fsp3) is 0.0625. The number of halogens is 1. The number of aromatic nitrogens is 3. The molecule has 0 amide bonds. The van der Waals surface area contributed by atoms with E-state index >= 15 is 0 Å². The van der Waals surface area contributed by atoms with Gasteiger partial charge in [0.1, 0.15) is 0 Å². The lowest BCUT2D eigenvalue weighted by Gasteiger charge is -2.06. The number of nitrogens with zero attached hydrogens (tertiary/aromatic N) is 3. The summed E-state index contributed by atoms with van der Waals surface area (Å²) in [4.78, 5) is 0. The SMILES string of the molecule is COc1ccc(/C=N\n2c(-c3ccccc3)n[nH]c2=S)c(Cl)c1O. The van der Waals surface area contributed by atoms with Crippen LogP contribution in [0.5, 0.6) is 11.5 Å². The third-order valence-electron chi connectivity index (χ3n) is 3.32. The van der Waals surface area contributed by atoms with Gasteiger partial charge < -0.3 is 9.84 Å². The number of ether oxygens (including phenoxy) is 1. The largest absolute Gasteiger partial charge is 0.503 e. The Hall–Kier alpha value is -2.64. The van der Waals surface area contributed by atoms with Crippen molar-refractivity contribution in [2.75, 3.05) is 7.11 Å². The second-order valence-corrected chi connectivity index (χ2v) is 5.56. The number of aromatic hydroxyl groups is 1. The van der Waals surface area contributed by atoms with Gasteiger partial charge in [-0.05, 0) is 24.4 Å². The molecule has 0 aliphatic rings. The maximum atomic E-state index is 9.96. The molecule has 0 bridgehead atoms. The van der Waals surface area contributed by atoms with E-state index in [9.17, 15) is 5.11 Å². The zero-order chi connectivity index (χ0) is 17.1. The molecule has 0 saturated heterocycles. The normalized spacial score (nSPS) is 11.1. The molecule has 0 aliphatic heterocycles. The summed E-state index contributed by atoms with van der Waals surface area (Å²) < 4.78 is 6.85. The Labute approximate surface area is 148 Å². The minimum Gasteiger partial charge on any atom is -0.503 e. The summed E-state index contributed by atoms with van der Waals surface area (Å²) >= 11 is 11.3. The van der Waals surface area contributed by atoms with Gasteiger partial charge in [0, 0.05) is 11.1 Å². The molecule has 0 saturated carbocycles. The van der Waals surface area contributed by atoms with Crippen molar-refractivity contribution in [2.24, 2.45) is 5.10 Å². The van der Waals surface area contributed by atoms with E-state index in [1.54, 1.807) is 12.1 Å². The minimum atomic E-state index is -0.137. The lowest BCUT2D eigenvalue weighted by Crippen LogP contribution is -1.96. The number of phenols is 1. The number of rotatable bonds is 4. The summed E-state index contributed by atoms with van der Waals surface area (Å²) in [5, 5.41) is 21.3. The molecule has 0 radical (unpaired) electrons. The Balaban J connectivity index is 2.01. The summed E-state index contributed by atoms with van der Waals surface area (Å²) in [6, 6.07) is 12.8. The second kappa shape index (κ2) is 6.86. The van der Waals surface area contributed by atoms with Gasteiger partial charge in [-0.1, -0.05) is 41.9 Å². The molecule has 3 rings (SSSR count).